The number of hydrogen-bond donors (Lipinski definition) is 1. The molecular formula is C16H19N3O2S. The molecule has 22 heavy (non-hydrogen) atoms. The van der Waals surface area contributed by atoms with E-state index in [4.69, 9.17) is 0 Å². The lowest BCUT2D eigenvalue weighted by molar-refractivity contribution is -0.132. The van der Waals surface area contributed by atoms with Crippen LogP contribution in [0.5, 0.6) is 0 Å². The maximum absolute atomic E-state index is 12.6. The van der Waals surface area contributed by atoms with Crippen LogP contribution in [0.2, 0.25) is 0 Å². The van der Waals surface area contributed by atoms with Gasteiger partial charge in [-0.1, -0.05) is 12.8 Å². The highest BCUT2D eigenvalue weighted by Crippen LogP contribution is 2.56. The molecule has 5 nitrogen and oxygen atoms in total. The molecule has 6 heteroatoms. The van der Waals surface area contributed by atoms with Crippen LogP contribution in [-0.4, -0.2) is 27.8 Å². The Balaban J connectivity index is 1.50. The molecule has 0 radical (unpaired) electrons. The van der Waals surface area contributed by atoms with Gasteiger partial charge in [-0.3, -0.25) is 9.59 Å². The number of amides is 1. The van der Waals surface area contributed by atoms with Crippen LogP contribution in [0.1, 0.15) is 31.5 Å². The summed E-state index contributed by atoms with van der Waals surface area (Å²) in [5.41, 5.74) is 0.598. The van der Waals surface area contributed by atoms with Gasteiger partial charge in [0, 0.05) is 13.0 Å². The monoisotopic (exact) mass is 317 g/mol. The van der Waals surface area contributed by atoms with E-state index in [-0.39, 0.29) is 17.4 Å². The van der Waals surface area contributed by atoms with E-state index < -0.39 is 0 Å². The number of H-pyrrole nitrogens is 1. The molecule has 2 aliphatic rings. The van der Waals surface area contributed by atoms with E-state index in [1.54, 1.807) is 4.90 Å². The highest BCUT2D eigenvalue weighted by atomic mass is 32.1. The van der Waals surface area contributed by atoms with E-state index in [1.165, 1.54) is 37.0 Å². The summed E-state index contributed by atoms with van der Waals surface area (Å²) >= 11 is 1.39. The Bertz CT molecular complexity index is 769. The van der Waals surface area contributed by atoms with Crippen molar-refractivity contribution < 1.29 is 4.79 Å². The Morgan fingerprint density at radius 2 is 2.14 bits per heavy atom. The molecule has 0 aliphatic heterocycles. The summed E-state index contributed by atoms with van der Waals surface area (Å²) in [7, 11) is 1.81. The first kappa shape index (κ1) is 13.9. The van der Waals surface area contributed by atoms with Gasteiger partial charge in [0.1, 0.15) is 10.5 Å². The number of hydrogen-bond acceptors (Lipinski definition) is 4. The highest BCUT2D eigenvalue weighted by Gasteiger charge is 2.55. The summed E-state index contributed by atoms with van der Waals surface area (Å²) in [5, 5.41) is 1.86. The first-order valence-electron chi connectivity index (χ1n) is 7.86. The van der Waals surface area contributed by atoms with Crippen molar-refractivity contribution in [3.63, 3.8) is 0 Å². The minimum Gasteiger partial charge on any atom is -0.338 e. The molecule has 0 unspecified atom stereocenters. The SMILES string of the molecule is CN(Cc1nc2ccsc2c(=O)[nH]1)C(=O)C1[C@H]2CCCC[C@H]12. The summed E-state index contributed by atoms with van der Waals surface area (Å²) in [5.74, 6) is 2.20. The predicted octanol–water partition coefficient (Wildman–Crippen LogP) is 2.38. The van der Waals surface area contributed by atoms with Gasteiger partial charge in [-0.15, -0.1) is 11.3 Å². The van der Waals surface area contributed by atoms with E-state index in [9.17, 15) is 9.59 Å². The average molecular weight is 317 g/mol. The van der Waals surface area contributed by atoms with Crippen LogP contribution >= 0.6 is 11.3 Å². The first-order valence-corrected chi connectivity index (χ1v) is 8.74. The summed E-state index contributed by atoms with van der Waals surface area (Å²) in [6.45, 7) is 0.371. The van der Waals surface area contributed by atoms with Crippen LogP contribution in [0.3, 0.4) is 0 Å². The Hall–Kier alpha value is -1.69. The molecule has 2 aliphatic carbocycles. The molecular weight excluding hydrogens is 298 g/mol. The van der Waals surface area contributed by atoms with E-state index >= 15 is 0 Å². The van der Waals surface area contributed by atoms with E-state index in [0.717, 1.165) is 0 Å². The number of rotatable bonds is 3. The van der Waals surface area contributed by atoms with Crippen LogP contribution in [-0.2, 0) is 11.3 Å². The van der Waals surface area contributed by atoms with Crippen molar-refractivity contribution in [1.29, 1.82) is 0 Å². The van der Waals surface area contributed by atoms with Crippen LogP contribution < -0.4 is 5.56 Å². The van der Waals surface area contributed by atoms with Gasteiger partial charge in [-0.2, -0.15) is 0 Å². The van der Waals surface area contributed by atoms with Gasteiger partial charge in [-0.05, 0) is 36.1 Å². The second kappa shape index (κ2) is 5.19. The zero-order valence-electron chi connectivity index (χ0n) is 12.5. The van der Waals surface area contributed by atoms with Crippen molar-refractivity contribution in [3.8, 4) is 0 Å². The van der Waals surface area contributed by atoms with Gasteiger partial charge in [0.2, 0.25) is 5.91 Å². The van der Waals surface area contributed by atoms with Crippen molar-refractivity contribution in [2.75, 3.05) is 7.05 Å². The Kier molecular flexibility index (Phi) is 3.29. The second-order valence-electron chi connectivity index (χ2n) is 6.48. The highest BCUT2D eigenvalue weighted by molar-refractivity contribution is 7.17. The third kappa shape index (κ3) is 2.26. The van der Waals surface area contributed by atoms with E-state index in [0.29, 0.717) is 34.4 Å². The number of nitrogens with zero attached hydrogens (tertiary/aromatic N) is 2. The third-order valence-electron chi connectivity index (χ3n) is 5.07. The van der Waals surface area contributed by atoms with Gasteiger partial charge in [0.05, 0.1) is 12.1 Å². The number of nitrogens with one attached hydrogen (secondary N) is 1. The van der Waals surface area contributed by atoms with Crippen molar-refractivity contribution >= 4 is 27.5 Å². The standard InChI is InChI=1S/C16H19N3O2S/c1-19(16(21)13-9-4-2-3-5-10(9)13)8-12-17-11-6-7-22-14(11)15(20)18-12/h6-7,9-10,13H,2-5,8H2,1H3,(H,17,18,20)/t9-,10-/m0/s1. The molecule has 1 amide bonds. The number of aromatic amines is 1. The summed E-state index contributed by atoms with van der Waals surface area (Å²) < 4.78 is 0.644. The van der Waals surface area contributed by atoms with Crippen molar-refractivity contribution in [2.24, 2.45) is 17.8 Å². The second-order valence-corrected chi connectivity index (χ2v) is 7.40. The van der Waals surface area contributed by atoms with Crippen LogP contribution in [0, 0.1) is 17.8 Å². The fourth-order valence-electron chi connectivity index (χ4n) is 3.91. The smallest absolute Gasteiger partial charge is 0.268 e. The molecule has 116 valence electrons. The number of carbonyl (C=O) groups excluding carboxylic acids is 1. The Labute approximate surface area is 132 Å². The summed E-state index contributed by atoms with van der Waals surface area (Å²) in [4.78, 5) is 33.5. The van der Waals surface area contributed by atoms with Gasteiger partial charge in [-0.25, -0.2) is 4.98 Å². The third-order valence-corrected chi connectivity index (χ3v) is 5.97. The number of aromatic nitrogens is 2. The topological polar surface area (TPSA) is 66.1 Å². The number of carbonyl (C=O) groups is 1. The van der Waals surface area contributed by atoms with Crippen molar-refractivity contribution in [3.05, 3.63) is 27.6 Å². The zero-order chi connectivity index (χ0) is 15.3. The molecule has 2 atom stereocenters. The van der Waals surface area contributed by atoms with Gasteiger partial charge >= 0.3 is 0 Å². The lowest BCUT2D eigenvalue weighted by atomic mass is 10.0. The molecule has 2 aromatic heterocycles. The Morgan fingerprint density at radius 1 is 1.41 bits per heavy atom. The molecule has 1 N–H and O–H groups in total. The first-order chi connectivity index (χ1) is 10.6. The minimum absolute atomic E-state index is 0.115. The molecule has 2 saturated carbocycles. The molecule has 2 heterocycles. The number of fused-ring (bicyclic) bond motifs is 2. The van der Waals surface area contributed by atoms with E-state index in [1.807, 2.05) is 18.5 Å². The maximum Gasteiger partial charge on any atom is 0.268 e. The van der Waals surface area contributed by atoms with Crippen molar-refractivity contribution in [2.45, 2.75) is 32.2 Å². The van der Waals surface area contributed by atoms with Gasteiger partial charge in [0.15, 0.2) is 0 Å². The van der Waals surface area contributed by atoms with Crippen LogP contribution in [0.25, 0.3) is 10.2 Å². The quantitative estimate of drug-likeness (QED) is 0.945. The maximum atomic E-state index is 12.6. The molecule has 0 aromatic carbocycles. The van der Waals surface area contributed by atoms with Crippen LogP contribution in [0.15, 0.2) is 16.2 Å². The Morgan fingerprint density at radius 3 is 2.86 bits per heavy atom. The summed E-state index contributed by atoms with van der Waals surface area (Å²) in [6, 6.07) is 1.84. The van der Waals surface area contributed by atoms with Gasteiger partial charge in [0.25, 0.3) is 5.56 Å². The molecule has 0 spiro atoms. The number of thiophene rings is 1. The lowest BCUT2D eigenvalue weighted by Crippen LogP contribution is -2.30. The van der Waals surface area contributed by atoms with E-state index in [2.05, 4.69) is 9.97 Å². The minimum atomic E-state index is -0.115. The molecule has 2 fully saturated rings. The molecule has 0 saturated heterocycles. The normalized spacial score (nSPS) is 26.7. The molecule has 4 rings (SSSR count). The zero-order valence-corrected chi connectivity index (χ0v) is 13.4. The fraction of sp³-hybridized carbons (Fsp3) is 0.562. The fourth-order valence-corrected chi connectivity index (χ4v) is 4.64. The van der Waals surface area contributed by atoms with Crippen molar-refractivity contribution in [1.82, 2.24) is 14.9 Å². The largest absolute Gasteiger partial charge is 0.338 e. The summed E-state index contributed by atoms with van der Waals surface area (Å²) in [6.07, 6.45) is 4.92. The van der Waals surface area contributed by atoms with Crippen LogP contribution in [0.4, 0.5) is 0 Å². The average Bonchev–Trinajstić information content (AvgIpc) is 3.03. The molecule has 2 aromatic rings. The molecule has 0 bridgehead atoms. The lowest BCUT2D eigenvalue weighted by Gasteiger charge is -2.16. The van der Waals surface area contributed by atoms with Gasteiger partial charge < -0.3 is 9.88 Å². The predicted molar refractivity (Wildman–Crippen MR) is 85.7 cm³/mol.